The number of hydrogen-bond acceptors (Lipinski definition) is 2. The number of carbonyl (C=O) groups is 1. The van der Waals surface area contributed by atoms with Gasteiger partial charge in [-0.25, -0.2) is 4.68 Å². The van der Waals surface area contributed by atoms with Crippen molar-refractivity contribution in [3.63, 3.8) is 0 Å². The van der Waals surface area contributed by atoms with E-state index in [0.717, 1.165) is 5.69 Å². The second-order valence-electron chi connectivity index (χ2n) is 3.49. The summed E-state index contributed by atoms with van der Waals surface area (Å²) in [6.07, 6.45) is 3.23. The largest absolute Gasteiger partial charge is 0.292 e. The molecule has 1 heterocycles. The average molecular weight is 235 g/mol. The molecule has 2 aromatic rings. The first-order valence-electron chi connectivity index (χ1n) is 4.97. The van der Waals surface area contributed by atoms with E-state index < -0.39 is 5.38 Å². The van der Waals surface area contributed by atoms with Crippen LogP contribution in [0.25, 0.3) is 5.69 Å². The van der Waals surface area contributed by atoms with E-state index in [2.05, 4.69) is 5.10 Å². The maximum Gasteiger partial charge on any atom is 0.183 e. The number of aromatic nitrogens is 2. The number of carbonyl (C=O) groups excluding carboxylic acids is 1. The molecule has 0 aliphatic heterocycles. The van der Waals surface area contributed by atoms with Gasteiger partial charge >= 0.3 is 0 Å². The molecule has 0 saturated heterocycles. The zero-order valence-electron chi connectivity index (χ0n) is 8.80. The third-order valence-electron chi connectivity index (χ3n) is 2.25. The molecule has 1 unspecified atom stereocenters. The third kappa shape index (κ3) is 2.14. The Morgan fingerprint density at radius 3 is 2.69 bits per heavy atom. The molecule has 4 heteroatoms. The number of rotatable bonds is 3. The molecule has 16 heavy (non-hydrogen) atoms. The summed E-state index contributed by atoms with van der Waals surface area (Å²) in [5.74, 6) is -0.108. The van der Waals surface area contributed by atoms with E-state index in [1.54, 1.807) is 17.8 Å². The van der Waals surface area contributed by atoms with Crippen LogP contribution < -0.4 is 0 Å². The maximum atomic E-state index is 11.6. The molecule has 0 spiro atoms. The van der Waals surface area contributed by atoms with Gasteiger partial charge in [0, 0.05) is 6.20 Å². The fraction of sp³-hybridized carbons (Fsp3) is 0.167. The molecule has 82 valence electrons. The van der Waals surface area contributed by atoms with E-state index in [1.807, 2.05) is 30.3 Å². The number of benzene rings is 1. The van der Waals surface area contributed by atoms with Crippen LogP contribution in [0.5, 0.6) is 0 Å². The Morgan fingerprint density at radius 1 is 1.38 bits per heavy atom. The van der Waals surface area contributed by atoms with Crippen LogP contribution in [0.4, 0.5) is 0 Å². The van der Waals surface area contributed by atoms with E-state index in [1.165, 1.54) is 6.20 Å². The number of Topliss-reactive ketones (excluding diaryl/α,β-unsaturated/α-hetero) is 1. The normalized spacial score (nSPS) is 12.4. The van der Waals surface area contributed by atoms with Crippen LogP contribution in [0.15, 0.2) is 42.7 Å². The molecule has 2 rings (SSSR count). The third-order valence-corrected chi connectivity index (χ3v) is 2.45. The van der Waals surface area contributed by atoms with E-state index in [9.17, 15) is 4.79 Å². The van der Waals surface area contributed by atoms with E-state index in [-0.39, 0.29) is 5.78 Å². The van der Waals surface area contributed by atoms with Gasteiger partial charge in [0.25, 0.3) is 0 Å². The molecule has 0 aliphatic carbocycles. The van der Waals surface area contributed by atoms with Gasteiger partial charge < -0.3 is 0 Å². The van der Waals surface area contributed by atoms with Crippen molar-refractivity contribution >= 4 is 17.4 Å². The van der Waals surface area contributed by atoms with E-state index in [4.69, 9.17) is 11.6 Å². The van der Waals surface area contributed by atoms with Gasteiger partial charge in [0.1, 0.15) is 0 Å². The highest BCUT2D eigenvalue weighted by Gasteiger charge is 2.14. The molecule has 0 fully saturated rings. The number of ketones is 1. The highest BCUT2D eigenvalue weighted by molar-refractivity contribution is 6.33. The Balaban J connectivity index is 2.30. The van der Waals surface area contributed by atoms with Gasteiger partial charge in [-0.2, -0.15) is 5.10 Å². The molecule has 1 aromatic heterocycles. The SMILES string of the molecule is CC(Cl)C(=O)c1cnn(-c2ccccc2)c1. The Hall–Kier alpha value is -1.61. The van der Waals surface area contributed by atoms with Crippen molar-refractivity contribution < 1.29 is 4.79 Å². The van der Waals surface area contributed by atoms with Crippen LogP contribution in [-0.4, -0.2) is 20.9 Å². The highest BCUT2D eigenvalue weighted by Crippen LogP contribution is 2.11. The summed E-state index contributed by atoms with van der Waals surface area (Å²) in [6.45, 7) is 1.66. The predicted molar refractivity (Wildman–Crippen MR) is 63.2 cm³/mol. The van der Waals surface area contributed by atoms with Gasteiger partial charge in [-0.1, -0.05) is 18.2 Å². The number of para-hydroxylation sites is 1. The Bertz CT molecular complexity index is 491. The topological polar surface area (TPSA) is 34.9 Å². The summed E-state index contributed by atoms with van der Waals surface area (Å²) < 4.78 is 1.66. The minimum absolute atomic E-state index is 0.108. The summed E-state index contributed by atoms with van der Waals surface area (Å²) in [4.78, 5) is 11.6. The van der Waals surface area contributed by atoms with Crippen molar-refractivity contribution in [2.24, 2.45) is 0 Å². The summed E-state index contributed by atoms with van der Waals surface area (Å²) in [7, 11) is 0. The maximum absolute atomic E-state index is 11.6. The van der Waals surface area contributed by atoms with Gasteiger partial charge in [-0.05, 0) is 19.1 Å². The molecular weight excluding hydrogens is 224 g/mol. The summed E-state index contributed by atoms with van der Waals surface area (Å²) in [6, 6.07) is 9.61. The van der Waals surface area contributed by atoms with Crippen LogP contribution in [0.2, 0.25) is 0 Å². The first-order chi connectivity index (χ1) is 7.68. The van der Waals surface area contributed by atoms with Crippen molar-refractivity contribution in [3.05, 3.63) is 48.3 Å². The van der Waals surface area contributed by atoms with Gasteiger partial charge in [0.15, 0.2) is 5.78 Å². The molecule has 0 amide bonds. The average Bonchev–Trinajstić information content (AvgIpc) is 2.78. The minimum Gasteiger partial charge on any atom is -0.292 e. The molecule has 0 radical (unpaired) electrons. The van der Waals surface area contributed by atoms with Crippen molar-refractivity contribution in [2.75, 3.05) is 0 Å². The summed E-state index contributed by atoms with van der Waals surface area (Å²) in [5, 5.41) is 3.61. The van der Waals surface area contributed by atoms with Crippen LogP contribution in [0.3, 0.4) is 0 Å². The number of nitrogens with zero attached hydrogens (tertiary/aromatic N) is 2. The zero-order valence-corrected chi connectivity index (χ0v) is 9.56. The van der Waals surface area contributed by atoms with Crippen molar-refractivity contribution in [1.29, 1.82) is 0 Å². The number of alkyl halides is 1. The predicted octanol–water partition coefficient (Wildman–Crippen LogP) is 2.68. The molecule has 0 saturated carbocycles. The molecule has 1 aromatic carbocycles. The van der Waals surface area contributed by atoms with Gasteiger partial charge in [0.05, 0.1) is 22.8 Å². The highest BCUT2D eigenvalue weighted by atomic mass is 35.5. The molecule has 0 bridgehead atoms. The number of hydrogen-bond donors (Lipinski definition) is 0. The van der Waals surface area contributed by atoms with Crippen LogP contribution >= 0.6 is 11.6 Å². The van der Waals surface area contributed by atoms with Crippen molar-refractivity contribution in [1.82, 2.24) is 9.78 Å². The van der Waals surface area contributed by atoms with E-state index in [0.29, 0.717) is 5.56 Å². The lowest BCUT2D eigenvalue weighted by Gasteiger charge is -1.99. The Labute approximate surface area is 98.7 Å². The molecule has 0 aliphatic rings. The number of halogens is 1. The minimum atomic E-state index is -0.520. The van der Waals surface area contributed by atoms with E-state index >= 15 is 0 Å². The lowest BCUT2D eigenvalue weighted by molar-refractivity contribution is 0.0992. The van der Waals surface area contributed by atoms with Gasteiger partial charge in [-0.15, -0.1) is 11.6 Å². The molecule has 0 N–H and O–H groups in total. The molecular formula is C12H11ClN2O. The second kappa shape index (κ2) is 4.49. The van der Waals surface area contributed by atoms with Crippen LogP contribution in [0.1, 0.15) is 17.3 Å². The lowest BCUT2D eigenvalue weighted by atomic mass is 10.2. The van der Waals surface area contributed by atoms with Gasteiger partial charge in [0.2, 0.25) is 0 Å². The van der Waals surface area contributed by atoms with Gasteiger partial charge in [-0.3, -0.25) is 4.79 Å². The molecule has 1 atom stereocenters. The first-order valence-corrected chi connectivity index (χ1v) is 5.40. The van der Waals surface area contributed by atoms with Crippen LogP contribution in [0, 0.1) is 0 Å². The summed E-state index contributed by atoms with van der Waals surface area (Å²) in [5.41, 5.74) is 1.45. The second-order valence-corrected chi connectivity index (χ2v) is 4.14. The van der Waals surface area contributed by atoms with Crippen LogP contribution in [-0.2, 0) is 0 Å². The quantitative estimate of drug-likeness (QED) is 0.605. The lowest BCUT2D eigenvalue weighted by Crippen LogP contribution is -2.09. The van der Waals surface area contributed by atoms with Crippen molar-refractivity contribution in [3.8, 4) is 5.69 Å². The Morgan fingerprint density at radius 2 is 2.06 bits per heavy atom. The summed E-state index contributed by atoms with van der Waals surface area (Å²) >= 11 is 5.73. The monoisotopic (exact) mass is 234 g/mol. The van der Waals surface area contributed by atoms with Crippen molar-refractivity contribution in [2.45, 2.75) is 12.3 Å². The Kier molecular flexibility index (Phi) is 3.06. The zero-order chi connectivity index (χ0) is 11.5. The smallest absolute Gasteiger partial charge is 0.183 e. The standard InChI is InChI=1S/C12H11ClN2O/c1-9(13)12(16)10-7-14-15(8-10)11-5-3-2-4-6-11/h2-9H,1H3. The first kappa shape index (κ1) is 10.9. The molecule has 3 nitrogen and oxygen atoms in total. The fourth-order valence-corrected chi connectivity index (χ4v) is 1.53. The fourth-order valence-electron chi connectivity index (χ4n) is 1.40.